The molecule has 0 aliphatic carbocycles. The first-order valence-corrected chi connectivity index (χ1v) is 7.48. The van der Waals surface area contributed by atoms with Crippen molar-refractivity contribution < 1.29 is 0 Å². The zero-order valence-electron chi connectivity index (χ0n) is 12.9. The van der Waals surface area contributed by atoms with E-state index in [1.165, 1.54) is 0 Å². The number of hydrogen-bond donors (Lipinski definition) is 2. The first kappa shape index (κ1) is 16.2. The Morgan fingerprint density at radius 1 is 0.609 bits per heavy atom. The van der Waals surface area contributed by atoms with Gasteiger partial charge in [0.2, 0.25) is 0 Å². The summed E-state index contributed by atoms with van der Waals surface area (Å²) in [5.74, 6) is 2.53. The van der Waals surface area contributed by atoms with Crippen molar-refractivity contribution in [3.63, 3.8) is 0 Å². The van der Waals surface area contributed by atoms with Crippen LogP contribution in [0.25, 0.3) is 0 Å². The quantitative estimate of drug-likeness (QED) is 0.532. The Kier molecular flexibility index (Phi) is 6.83. The molecule has 0 bridgehead atoms. The lowest BCUT2D eigenvalue weighted by Crippen LogP contribution is -2.11. The van der Waals surface area contributed by atoms with Crippen molar-refractivity contribution >= 4 is 11.4 Å². The molecule has 2 N–H and O–H groups in total. The van der Waals surface area contributed by atoms with Crippen LogP contribution in [0.3, 0.4) is 0 Å². The largest absolute Gasteiger partial charge is 0.368 e. The molecule has 0 atom stereocenters. The minimum Gasteiger partial charge on any atom is -0.368 e. The Morgan fingerprint density at radius 3 is 1.35 bits per heavy atom. The van der Waals surface area contributed by atoms with Crippen LogP contribution >= 0.6 is 0 Å². The molecule has 114 valence electrons. The molecule has 23 heavy (non-hydrogen) atoms. The monoisotopic (exact) mass is 300 g/mol. The first-order chi connectivity index (χ1) is 11.4. The van der Waals surface area contributed by atoms with Gasteiger partial charge in [0.05, 0.1) is 6.67 Å². The summed E-state index contributed by atoms with van der Waals surface area (Å²) >= 11 is 0. The number of hydrogen-bond acceptors (Lipinski definition) is 2. The van der Waals surface area contributed by atoms with E-state index >= 15 is 0 Å². The highest BCUT2D eigenvalue weighted by atomic mass is 15.1. The summed E-state index contributed by atoms with van der Waals surface area (Å²) in [5, 5.41) is 6.56. The van der Waals surface area contributed by atoms with Crippen LogP contribution in [0.2, 0.25) is 0 Å². The lowest BCUT2D eigenvalue weighted by Gasteiger charge is -2.08. The van der Waals surface area contributed by atoms with Crippen molar-refractivity contribution in [3.05, 3.63) is 96.6 Å². The lowest BCUT2D eigenvalue weighted by molar-refractivity contribution is 1.22. The highest BCUT2D eigenvalue weighted by molar-refractivity contribution is 5.47. The molecule has 0 radical (unpaired) electrons. The SMILES string of the molecule is C#Cc1ccccc1.c1ccc(NCNc2ccccc2)cc1. The van der Waals surface area contributed by atoms with E-state index in [2.05, 4.69) is 16.6 Å². The van der Waals surface area contributed by atoms with Gasteiger partial charge >= 0.3 is 0 Å². The Bertz CT molecular complexity index is 662. The molecule has 3 rings (SSSR count). The zero-order valence-corrected chi connectivity index (χ0v) is 12.9. The number of terminal acetylenes is 1. The molecule has 0 saturated carbocycles. The fourth-order valence-electron chi connectivity index (χ4n) is 1.89. The summed E-state index contributed by atoms with van der Waals surface area (Å²) < 4.78 is 0. The van der Waals surface area contributed by atoms with Gasteiger partial charge in [-0.3, -0.25) is 0 Å². The number of anilines is 2. The van der Waals surface area contributed by atoms with Crippen molar-refractivity contribution in [1.29, 1.82) is 0 Å². The molecule has 0 aromatic heterocycles. The standard InChI is InChI=1S/C13H14N2.C8H6/c1-3-7-12(8-4-1)14-11-15-13-9-5-2-6-10-13;1-2-8-6-4-3-5-7-8/h1-10,14-15H,11H2;1,3-7H. The van der Waals surface area contributed by atoms with Crippen molar-refractivity contribution in [2.24, 2.45) is 0 Å². The Labute approximate surface area is 138 Å². The third kappa shape index (κ3) is 6.41. The minimum absolute atomic E-state index is 0.730. The van der Waals surface area contributed by atoms with E-state index in [1.54, 1.807) is 0 Å². The smallest absolute Gasteiger partial charge is 0.0849 e. The molecule has 0 unspecified atom stereocenters. The predicted molar refractivity (Wildman–Crippen MR) is 99.4 cm³/mol. The highest BCUT2D eigenvalue weighted by Crippen LogP contribution is 2.06. The average Bonchev–Trinajstić information content (AvgIpc) is 2.65. The molecule has 2 heteroatoms. The van der Waals surface area contributed by atoms with Gasteiger partial charge in [0, 0.05) is 16.9 Å². The highest BCUT2D eigenvalue weighted by Gasteiger charge is 1.89. The number of para-hydroxylation sites is 2. The summed E-state index contributed by atoms with van der Waals surface area (Å²) in [6, 6.07) is 29.9. The van der Waals surface area contributed by atoms with Crippen molar-refractivity contribution in [3.8, 4) is 12.3 Å². The van der Waals surface area contributed by atoms with Crippen molar-refractivity contribution in [1.82, 2.24) is 0 Å². The van der Waals surface area contributed by atoms with Crippen LogP contribution in [-0.4, -0.2) is 6.67 Å². The second-order valence-electron chi connectivity index (χ2n) is 4.77. The summed E-state index contributed by atoms with van der Waals surface area (Å²) in [5.41, 5.74) is 3.19. The molecule has 2 nitrogen and oxygen atoms in total. The van der Waals surface area contributed by atoms with E-state index in [0.717, 1.165) is 23.6 Å². The van der Waals surface area contributed by atoms with Crippen LogP contribution in [0.15, 0.2) is 91.0 Å². The Hall–Kier alpha value is -3.18. The molecule has 0 aliphatic rings. The van der Waals surface area contributed by atoms with Gasteiger partial charge in [-0.25, -0.2) is 0 Å². The van der Waals surface area contributed by atoms with Crippen LogP contribution < -0.4 is 10.6 Å². The van der Waals surface area contributed by atoms with E-state index in [9.17, 15) is 0 Å². The molecule has 3 aromatic carbocycles. The molecule has 0 amide bonds. The van der Waals surface area contributed by atoms with E-state index in [4.69, 9.17) is 6.42 Å². The molecule has 0 fully saturated rings. The van der Waals surface area contributed by atoms with Crippen molar-refractivity contribution in [2.75, 3.05) is 17.3 Å². The average molecular weight is 300 g/mol. The van der Waals surface area contributed by atoms with Gasteiger partial charge in [-0.05, 0) is 36.4 Å². The van der Waals surface area contributed by atoms with Gasteiger partial charge in [-0.15, -0.1) is 6.42 Å². The topological polar surface area (TPSA) is 24.1 Å². The van der Waals surface area contributed by atoms with Crippen LogP contribution in [0.4, 0.5) is 11.4 Å². The van der Waals surface area contributed by atoms with Gasteiger partial charge in [0.25, 0.3) is 0 Å². The van der Waals surface area contributed by atoms with Gasteiger partial charge in [0.1, 0.15) is 0 Å². The normalized spacial score (nSPS) is 9.00. The third-order valence-corrected chi connectivity index (χ3v) is 3.07. The zero-order chi connectivity index (χ0) is 16.2. The molecule has 0 spiro atoms. The maximum absolute atomic E-state index is 5.10. The van der Waals surface area contributed by atoms with Gasteiger partial charge in [-0.1, -0.05) is 60.5 Å². The van der Waals surface area contributed by atoms with Crippen molar-refractivity contribution in [2.45, 2.75) is 0 Å². The van der Waals surface area contributed by atoms with Crippen LogP contribution in [0.1, 0.15) is 5.56 Å². The number of rotatable bonds is 4. The van der Waals surface area contributed by atoms with E-state index in [1.807, 2.05) is 91.0 Å². The number of nitrogens with one attached hydrogen (secondary N) is 2. The second kappa shape index (κ2) is 9.70. The van der Waals surface area contributed by atoms with E-state index in [0.29, 0.717) is 0 Å². The summed E-state index contributed by atoms with van der Waals surface area (Å²) in [6.07, 6.45) is 5.10. The minimum atomic E-state index is 0.730. The van der Waals surface area contributed by atoms with Crippen LogP contribution in [-0.2, 0) is 0 Å². The molecule has 0 aliphatic heterocycles. The van der Waals surface area contributed by atoms with Gasteiger partial charge in [0.15, 0.2) is 0 Å². The van der Waals surface area contributed by atoms with Crippen LogP contribution in [0.5, 0.6) is 0 Å². The summed E-state index contributed by atoms with van der Waals surface area (Å²) in [7, 11) is 0. The summed E-state index contributed by atoms with van der Waals surface area (Å²) in [6.45, 7) is 0.730. The second-order valence-corrected chi connectivity index (χ2v) is 4.77. The number of benzene rings is 3. The van der Waals surface area contributed by atoms with Crippen LogP contribution in [0, 0.1) is 12.3 Å². The maximum Gasteiger partial charge on any atom is 0.0849 e. The predicted octanol–water partition coefficient (Wildman–Crippen LogP) is 4.84. The molecular formula is C21H20N2. The molecular weight excluding hydrogens is 280 g/mol. The Balaban J connectivity index is 0.000000203. The first-order valence-electron chi connectivity index (χ1n) is 7.48. The van der Waals surface area contributed by atoms with E-state index < -0.39 is 0 Å². The molecule has 3 aromatic rings. The maximum atomic E-state index is 5.10. The lowest BCUT2D eigenvalue weighted by atomic mass is 10.2. The summed E-state index contributed by atoms with van der Waals surface area (Å²) in [4.78, 5) is 0. The van der Waals surface area contributed by atoms with Gasteiger partial charge in [-0.2, -0.15) is 0 Å². The third-order valence-electron chi connectivity index (χ3n) is 3.07. The molecule has 0 heterocycles. The molecule has 0 saturated heterocycles. The Morgan fingerprint density at radius 2 is 1.00 bits per heavy atom. The fraction of sp³-hybridized carbons (Fsp3) is 0.0476. The van der Waals surface area contributed by atoms with Gasteiger partial charge < -0.3 is 10.6 Å². The van der Waals surface area contributed by atoms with E-state index in [-0.39, 0.29) is 0 Å². The fourth-order valence-corrected chi connectivity index (χ4v) is 1.89.